The van der Waals surface area contributed by atoms with E-state index in [0.717, 1.165) is 12.8 Å². The molecule has 3 heteroatoms. The maximum absolute atomic E-state index is 11.9. The van der Waals surface area contributed by atoms with E-state index < -0.39 is 0 Å². The molecule has 0 aromatic rings. The molecule has 0 spiro atoms. The van der Waals surface area contributed by atoms with Crippen LogP contribution in [-0.4, -0.2) is 23.7 Å². The van der Waals surface area contributed by atoms with Crippen molar-refractivity contribution in [3.63, 3.8) is 0 Å². The number of carbonyl (C=O) groups excluding carboxylic acids is 1. The third-order valence-corrected chi connectivity index (χ3v) is 3.57. The molecule has 2 aliphatic rings. The molecule has 0 aromatic carbocycles. The van der Waals surface area contributed by atoms with Crippen LogP contribution in [0.5, 0.6) is 0 Å². The molecule has 2 N–H and O–H groups in total. The topological polar surface area (TPSA) is 49.3 Å². The van der Waals surface area contributed by atoms with Crippen molar-refractivity contribution in [2.24, 2.45) is 17.8 Å². The second-order valence-electron chi connectivity index (χ2n) is 4.81. The number of aliphatic hydroxyl groups excluding tert-OH is 1. The van der Waals surface area contributed by atoms with E-state index in [9.17, 15) is 4.79 Å². The van der Waals surface area contributed by atoms with Crippen LogP contribution in [0.2, 0.25) is 0 Å². The van der Waals surface area contributed by atoms with Crippen molar-refractivity contribution in [2.75, 3.05) is 6.61 Å². The standard InChI is InChI=1S/C12H19NO2/c1-8(4-5-14)13-12(15)11-7-9-2-3-10(11)6-9/h2-3,8-11,14H,4-7H2,1H3,(H,13,15). The van der Waals surface area contributed by atoms with E-state index in [0.29, 0.717) is 18.3 Å². The number of carbonyl (C=O) groups is 1. The Bertz CT molecular complexity index is 275. The lowest BCUT2D eigenvalue weighted by Crippen LogP contribution is -2.39. The van der Waals surface area contributed by atoms with Crippen LogP contribution in [0.15, 0.2) is 12.2 Å². The number of fused-ring (bicyclic) bond motifs is 2. The molecule has 15 heavy (non-hydrogen) atoms. The number of allylic oxidation sites excluding steroid dienone is 2. The van der Waals surface area contributed by atoms with Crippen LogP contribution in [0.3, 0.4) is 0 Å². The van der Waals surface area contributed by atoms with Crippen molar-refractivity contribution in [1.29, 1.82) is 0 Å². The van der Waals surface area contributed by atoms with Crippen LogP contribution in [0.1, 0.15) is 26.2 Å². The third-order valence-electron chi connectivity index (χ3n) is 3.57. The first kappa shape index (κ1) is 10.7. The Balaban J connectivity index is 1.84. The second-order valence-corrected chi connectivity index (χ2v) is 4.81. The Morgan fingerprint density at radius 3 is 2.87 bits per heavy atom. The van der Waals surface area contributed by atoms with Gasteiger partial charge in [-0.2, -0.15) is 0 Å². The maximum atomic E-state index is 11.9. The first-order valence-corrected chi connectivity index (χ1v) is 5.80. The van der Waals surface area contributed by atoms with Crippen LogP contribution in [0.25, 0.3) is 0 Å². The summed E-state index contributed by atoms with van der Waals surface area (Å²) in [5.74, 6) is 1.46. The molecule has 84 valence electrons. The molecule has 3 nitrogen and oxygen atoms in total. The predicted molar refractivity (Wildman–Crippen MR) is 58.2 cm³/mol. The second kappa shape index (κ2) is 4.35. The molecular formula is C12H19NO2. The lowest BCUT2D eigenvalue weighted by Gasteiger charge is -2.20. The van der Waals surface area contributed by atoms with Gasteiger partial charge in [-0.25, -0.2) is 0 Å². The molecule has 1 amide bonds. The number of hydrogen-bond donors (Lipinski definition) is 2. The smallest absolute Gasteiger partial charge is 0.223 e. The third kappa shape index (κ3) is 2.23. The minimum atomic E-state index is 0.0885. The van der Waals surface area contributed by atoms with Gasteiger partial charge in [-0.3, -0.25) is 4.79 Å². The summed E-state index contributed by atoms with van der Waals surface area (Å²) in [5.41, 5.74) is 0. The Morgan fingerprint density at radius 2 is 2.33 bits per heavy atom. The molecule has 2 aliphatic carbocycles. The van der Waals surface area contributed by atoms with Gasteiger partial charge in [0.15, 0.2) is 0 Å². The first-order valence-electron chi connectivity index (χ1n) is 5.80. The molecule has 0 aromatic heterocycles. The van der Waals surface area contributed by atoms with Gasteiger partial charge in [-0.15, -0.1) is 0 Å². The summed E-state index contributed by atoms with van der Waals surface area (Å²) in [4.78, 5) is 11.9. The van der Waals surface area contributed by atoms with Crippen molar-refractivity contribution < 1.29 is 9.90 Å². The fraction of sp³-hybridized carbons (Fsp3) is 0.750. The van der Waals surface area contributed by atoms with Gasteiger partial charge in [-0.05, 0) is 38.0 Å². The van der Waals surface area contributed by atoms with E-state index in [1.165, 1.54) is 0 Å². The van der Waals surface area contributed by atoms with Gasteiger partial charge in [0, 0.05) is 18.6 Å². The fourth-order valence-corrected chi connectivity index (χ4v) is 2.70. The summed E-state index contributed by atoms with van der Waals surface area (Å²) in [6, 6.07) is 0.0885. The molecule has 1 fully saturated rings. The molecule has 0 radical (unpaired) electrons. The minimum absolute atomic E-state index is 0.0885. The van der Waals surface area contributed by atoms with E-state index in [4.69, 9.17) is 5.11 Å². The molecule has 4 unspecified atom stereocenters. The summed E-state index contributed by atoms with van der Waals surface area (Å²) < 4.78 is 0. The molecule has 2 rings (SSSR count). The summed E-state index contributed by atoms with van der Waals surface area (Å²) in [5, 5.41) is 11.7. The Labute approximate surface area is 90.6 Å². The molecule has 1 saturated carbocycles. The highest BCUT2D eigenvalue weighted by Crippen LogP contribution is 2.43. The maximum Gasteiger partial charge on any atom is 0.223 e. The van der Waals surface area contributed by atoms with Crippen LogP contribution in [-0.2, 0) is 4.79 Å². The summed E-state index contributed by atoms with van der Waals surface area (Å²) in [6.07, 6.45) is 7.24. The van der Waals surface area contributed by atoms with Crippen molar-refractivity contribution in [3.05, 3.63) is 12.2 Å². The van der Waals surface area contributed by atoms with E-state index in [-0.39, 0.29) is 24.5 Å². The average molecular weight is 209 g/mol. The van der Waals surface area contributed by atoms with E-state index >= 15 is 0 Å². The van der Waals surface area contributed by atoms with Gasteiger partial charge in [0.05, 0.1) is 0 Å². The molecular weight excluding hydrogens is 190 g/mol. The molecule has 4 atom stereocenters. The SMILES string of the molecule is CC(CCO)NC(=O)C1CC2C=CC1C2. The number of nitrogens with one attached hydrogen (secondary N) is 1. The van der Waals surface area contributed by atoms with Crippen LogP contribution in [0, 0.1) is 17.8 Å². The highest BCUT2D eigenvalue weighted by Gasteiger charge is 2.39. The largest absolute Gasteiger partial charge is 0.396 e. The summed E-state index contributed by atoms with van der Waals surface area (Å²) >= 11 is 0. The van der Waals surface area contributed by atoms with Gasteiger partial charge in [-0.1, -0.05) is 12.2 Å². The molecule has 0 saturated heterocycles. The lowest BCUT2D eigenvalue weighted by atomic mass is 9.92. The predicted octanol–water partition coefficient (Wildman–Crippen LogP) is 1.09. The monoisotopic (exact) mass is 209 g/mol. The number of rotatable bonds is 4. The number of amides is 1. The molecule has 0 aliphatic heterocycles. The van der Waals surface area contributed by atoms with Gasteiger partial charge >= 0.3 is 0 Å². The van der Waals surface area contributed by atoms with Crippen molar-refractivity contribution in [2.45, 2.75) is 32.2 Å². The Kier molecular flexibility index (Phi) is 3.10. The van der Waals surface area contributed by atoms with Crippen LogP contribution < -0.4 is 5.32 Å². The normalized spacial score (nSPS) is 34.4. The minimum Gasteiger partial charge on any atom is -0.396 e. The quantitative estimate of drug-likeness (QED) is 0.681. The zero-order chi connectivity index (χ0) is 10.8. The van der Waals surface area contributed by atoms with E-state index in [1.54, 1.807) is 0 Å². The van der Waals surface area contributed by atoms with Gasteiger partial charge in [0.1, 0.15) is 0 Å². The van der Waals surface area contributed by atoms with E-state index in [1.807, 2.05) is 6.92 Å². The van der Waals surface area contributed by atoms with Crippen LogP contribution in [0.4, 0.5) is 0 Å². The number of hydrogen-bond acceptors (Lipinski definition) is 2. The summed E-state index contributed by atoms with van der Waals surface area (Å²) in [6.45, 7) is 2.08. The summed E-state index contributed by atoms with van der Waals surface area (Å²) in [7, 11) is 0. The van der Waals surface area contributed by atoms with Crippen LogP contribution >= 0.6 is 0 Å². The number of aliphatic hydroxyl groups is 1. The Morgan fingerprint density at radius 1 is 1.53 bits per heavy atom. The van der Waals surface area contributed by atoms with Crippen molar-refractivity contribution in [3.8, 4) is 0 Å². The molecule has 0 heterocycles. The lowest BCUT2D eigenvalue weighted by molar-refractivity contribution is -0.126. The zero-order valence-electron chi connectivity index (χ0n) is 9.15. The average Bonchev–Trinajstić information content (AvgIpc) is 2.78. The fourth-order valence-electron chi connectivity index (χ4n) is 2.70. The van der Waals surface area contributed by atoms with Crippen molar-refractivity contribution in [1.82, 2.24) is 5.32 Å². The van der Waals surface area contributed by atoms with Gasteiger partial charge in [0.2, 0.25) is 5.91 Å². The molecule has 2 bridgehead atoms. The van der Waals surface area contributed by atoms with Crippen molar-refractivity contribution >= 4 is 5.91 Å². The highest BCUT2D eigenvalue weighted by atomic mass is 16.3. The zero-order valence-corrected chi connectivity index (χ0v) is 9.15. The highest BCUT2D eigenvalue weighted by molar-refractivity contribution is 5.80. The van der Waals surface area contributed by atoms with Gasteiger partial charge < -0.3 is 10.4 Å². The Hall–Kier alpha value is -0.830. The van der Waals surface area contributed by atoms with E-state index in [2.05, 4.69) is 17.5 Å². The first-order chi connectivity index (χ1) is 7.20. The van der Waals surface area contributed by atoms with Gasteiger partial charge in [0.25, 0.3) is 0 Å².